The molecular weight excluding hydrogens is 236 g/mol. The highest BCUT2D eigenvalue weighted by atomic mass is 16.6. The number of amides is 1. The van der Waals surface area contributed by atoms with Crippen LogP contribution in [0.5, 0.6) is 0 Å². The van der Waals surface area contributed by atoms with Gasteiger partial charge in [0.15, 0.2) is 0 Å². The van der Waals surface area contributed by atoms with Gasteiger partial charge in [0.2, 0.25) is 0 Å². The zero-order chi connectivity index (χ0) is 13.9. The molecule has 1 heterocycles. The van der Waals surface area contributed by atoms with Gasteiger partial charge in [-0.2, -0.15) is 0 Å². The van der Waals surface area contributed by atoms with E-state index in [1.54, 1.807) is 27.8 Å². The number of likely N-dealkylation sites (N-methyl/N-ethyl adjacent to an activating group) is 1. The maximum atomic E-state index is 12.0. The van der Waals surface area contributed by atoms with Crippen LogP contribution < -0.4 is 5.32 Å². The minimum Gasteiger partial charge on any atom is -0.467 e. The van der Waals surface area contributed by atoms with Gasteiger partial charge in [0.25, 0.3) is 0 Å². The van der Waals surface area contributed by atoms with Crippen LogP contribution in [-0.4, -0.2) is 55.3 Å². The fraction of sp³-hybridized carbons (Fsp3) is 0.833. The molecule has 0 aromatic heterocycles. The minimum absolute atomic E-state index is 0.0848. The minimum atomic E-state index is -0.574. The third-order valence-corrected chi connectivity index (χ3v) is 2.81. The Hall–Kier alpha value is -1.30. The Labute approximate surface area is 108 Å². The fourth-order valence-corrected chi connectivity index (χ4v) is 1.93. The lowest BCUT2D eigenvalue weighted by atomic mass is 10.2. The number of hydrogen-bond donors (Lipinski definition) is 1. The van der Waals surface area contributed by atoms with Crippen molar-refractivity contribution in [3.63, 3.8) is 0 Å². The monoisotopic (exact) mass is 258 g/mol. The third-order valence-electron chi connectivity index (χ3n) is 2.81. The van der Waals surface area contributed by atoms with Crippen LogP contribution in [0.3, 0.4) is 0 Å². The van der Waals surface area contributed by atoms with Crippen LogP contribution in [0.25, 0.3) is 0 Å². The zero-order valence-electron chi connectivity index (χ0n) is 11.6. The highest BCUT2D eigenvalue weighted by Gasteiger charge is 2.41. The SMILES string of the molecule is CNC1CC(C(=O)OC)N(C(=O)OC(C)(C)C)C1. The van der Waals surface area contributed by atoms with Gasteiger partial charge in [0.05, 0.1) is 7.11 Å². The summed E-state index contributed by atoms with van der Waals surface area (Å²) in [7, 11) is 3.12. The number of nitrogens with one attached hydrogen (secondary N) is 1. The normalized spacial score (nSPS) is 23.9. The van der Waals surface area contributed by atoms with Gasteiger partial charge in [-0.05, 0) is 34.2 Å². The highest BCUT2D eigenvalue weighted by molar-refractivity contribution is 5.82. The van der Waals surface area contributed by atoms with Gasteiger partial charge in [-0.15, -0.1) is 0 Å². The standard InChI is InChI=1S/C12H22N2O4/c1-12(2,3)18-11(16)14-7-8(13-4)6-9(14)10(15)17-5/h8-9,13H,6-7H2,1-5H3. The first-order valence-corrected chi connectivity index (χ1v) is 6.03. The second-order valence-electron chi connectivity index (χ2n) is 5.39. The predicted molar refractivity (Wildman–Crippen MR) is 66.2 cm³/mol. The first kappa shape index (κ1) is 14.8. The largest absolute Gasteiger partial charge is 0.467 e. The number of likely N-dealkylation sites (tertiary alicyclic amines) is 1. The van der Waals surface area contributed by atoms with E-state index in [-0.39, 0.29) is 6.04 Å². The van der Waals surface area contributed by atoms with E-state index in [4.69, 9.17) is 9.47 Å². The van der Waals surface area contributed by atoms with Crippen molar-refractivity contribution in [2.24, 2.45) is 0 Å². The Balaban J connectivity index is 2.77. The fourth-order valence-electron chi connectivity index (χ4n) is 1.93. The van der Waals surface area contributed by atoms with Crippen LogP contribution in [0.4, 0.5) is 4.79 Å². The summed E-state index contributed by atoms with van der Waals surface area (Å²) >= 11 is 0. The molecule has 2 atom stereocenters. The van der Waals surface area contributed by atoms with Crippen LogP contribution >= 0.6 is 0 Å². The Morgan fingerprint density at radius 3 is 2.39 bits per heavy atom. The molecule has 1 fully saturated rings. The summed E-state index contributed by atoms with van der Waals surface area (Å²) in [5.41, 5.74) is -0.574. The van der Waals surface area contributed by atoms with Gasteiger partial charge in [0.1, 0.15) is 11.6 Å². The van der Waals surface area contributed by atoms with Crippen molar-refractivity contribution < 1.29 is 19.1 Å². The van der Waals surface area contributed by atoms with E-state index in [1.165, 1.54) is 12.0 Å². The molecular formula is C12H22N2O4. The maximum Gasteiger partial charge on any atom is 0.411 e. The third kappa shape index (κ3) is 3.60. The Morgan fingerprint density at radius 1 is 1.33 bits per heavy atom. The molecule has 0 aromatic rings. The Morgan fingerprint density at radius 2 is 1.94 bits per heavy atom. The molecule has 0 saturated carbocycles. The number of nitrogens with zero attached hydrogens (tertiary/aromatic N) is 1. The average molecular weight is 258 g/mol. The molecule has 0 bridgehead atoms. The van der Waals surface area contributed by atoms with Crippen molar-refractivity contribution in [1.82, 2.24) is 10.2 Å². The molecule has 0 radical (unpaired) electrons. The summed E-state index contributed by atoms with van der Waals surface area (Å²) in [5.74, 6) is -0.404. The Kier molecular flexibility index (Phi) is 4.56. The summed E-state index contributed by atoms with van der Waals surface area (Å²) < 4.78 is 10.0. The molecule has 0 aromatic carbocycles. The molecule has 2 unspecified atom stereocenters. The topological polar surface area (TPSA) is 67.9 Å². The number of ether oxygens (including phenoxy) is 2. The van der Waals surface area contributed by atoms with Crippen molar-refractivity contribution in [3.05, 3.63) is 0 Å². The number of carbonyl (C=O) groups excluding carboxylic acids is 2. The van der Waals surface area contributed by atoms with E-state index in [9.17, 15) is 9.59 Å². The molecule has 1 N–H and O–H groups in total. The van der Waals surface area contributed by atoms with Crippen molar-refractivity contribution in [2.45, 2.75) is 44.9 Å². The van der Waals surface area contributed by atoms with Gasteiger partial charge in [-0.3, -0.25) is 4.90 Å². The van der Waals surface area contributed by atoms with Crippen molar-refractivity contribution in [1.29, 1.82) is 0 Å². The first-order chi connectivity index (χ1) is 8.28. The lowest BCUT2D eigenvalue weighted by Gasteiger charge is -2.27. The highest BCUT2D eigenvalue weighted by Crippen LogP contribution is 2.22. The van der Waals surface area contributed by atoms with Gasteiger partial charge in [-0.1, -0.05) is 0 Å². The number of esters is 1. The van der Waals surface area contributed by atoms with Crippen LogP contribution in [0.2, 0.25) is 0 Å². The zero-order valence-corrected chi connectivity index (χ0v) is 11.6. The summed E-state index contributed by atoms with van der Waals surface area (Å²) in [4.78, 5) is 25.1. The summed E-state index contributed by atoms with van der Waals surface area (Å²) in [6, 6.07) is -0.482. The van der Waals surface area contributed by atoms with Gasteiger partial charge < -0.3 is 14.8 Å². The molecule has 6 heteroatoms. The van der Waals surface area contributed by atoms with E-state index in [1.807, 2.05) is 0 Å². The lowest BCUT2D eigenvalue weighted by Crippen LogP contribution is -2.44. The molecule has 0 spiro atoms. The van der Waals surface area contributed by atoms with Gasteiger partial charge in [0, 0.05) is 12.6 Å². The van der Waals surface area contributed by atoms with Crippen LogP contribution in [0, 0.1) is 0 Å². The molecule has 1 amide bonds. The van der Waals surface area contributed by atoms with E-state index in [0.717, 1.165) is 0 Å². The van der Waals surface area contributed by atoms with Crippen LogP contribution in [0.1, 0.15) is 27.2 Å². The van der Waals surface area contributed by atoms with E-state index < -0.39 is 23.7 Å². The molecule has 1 saturated heterocycles. The summed E-state index contributed by atoms with van der Waals surface area (Å²) in [6.07, 6.45) is 0.0678. The number of hydrogen-bond acceptors (Lipinski definition) is 5. The lowest BCUT2D eigenvalue weighted by molar-refractivity contribution is -0.145. The van der Waals surface area contributed by atoms with Crippen LogP contribution in [0.15, 0.2) is 0 Å². The second-order valence-corrected chi connectivity index (χ2v) is 5.39. The van der Waals surface area contributed by atoms with Crippen molar-refractivity contribution >= 4 is 12.1 Å². The molecule has 18 heavy (non-hydrogen) atoms. The molecule has 1 aliphatic heterocycles. The number of rotatable bonds is 2. The van der Waals surface area contributed by atoms with E-state index in [2.05, 4.69) is 5.32 Å². The van der Waals surface area contributed by atoms with E-state index in [0.29, 0.717) is 13.0 Å². The molecule has 104 valence electrons. The smallest absolute Gasteiger partial charge is 0.411 e. The summed E-state index contributed by atoms with van der Waals surface area (Å²) in [6.45, 7) is 5.84. The quantitative estimate of drug-likeness (QED) is 0.740. The van der Waals surface area contributed by atoms with Gasteiger partial charge >= 0.3 is 12.1 Å². The first-order valence-electron chi connectivity index (χ1n) is 6.03. The molecule has 1 aliphatic rings. The molecule has 1 rings (SSSR count). The second kappa shape index (κ2) is 5.56. The van der Waals surface area contributed by atoms with E-state index >= 15 is 0 Å². The predicted octanol–water partition coefficient (Wildman–Crippen LogP) is 0.757. The van der Waals surface area contributed by atoms with Crippen molar-refractivity contribution in [2.75, 3.05) is 20.7 Å². The number of carbonyl (C=O) groups is 2. The Bertz CT molecular complexity index is 325. The molecule has 6 nitrogen and oxygen atoms in total. The summed E-state index contributed by atoms with van der Waals surface area (Å²) in [5, 5.41) is 3.06. The number of methoxy groups -OCH3 is 1. The molecule has 0 aliphatic carbocycles. The van der Waals surface area contributed by atoms with Crippen molar-refractivity contribution in [3.8, 4) is 0 Å². The maximum absolute atomic E-state index is 12.0. The van der Waals surface area contributed by atoms with Gasteiger partial charge in [-0.25, -0.2) is 9.59 Å². The average Bonchev–Trinajstić information content (AvgIpc) is 2.69. The van der Waals surface area contributed by atoms with Crippen LogP contribution in [-0.2, 0) is 14.3 Å².